The van der Waals surface area contributed by atoms with Gasteiger partial charge in [0, 0.05) is 18.3 Å². The zero-order valence-electron chi connectivity index (χ0n) is 16.1. The van der Waals surface area contributed by atoms with Crippen molar-refractivity contribution < 1.29 is 32.4 Å². The van der Waals surface area contributed by atoms with E-state index in [0.29, 0.717) is 25.1 Å². The van der Waals surface area contributed by atoms with Crippen LogP contribution in [0.1, 0.15) is 38.6 Å². The molecule has 2 aliphatic rings. The third kappa shape index (κ3) is 4.87. The van der Waals surface area contributed by atoms with E-state index in [0.717, 1.165) is 0 Å². The first-order valence-electron chi connectivity index (χ1n) is 9.26. The van der Waals surface area contributed by atoms with Gasteiger partial charge in [-0.1, -0.05) is 6.92 Å². The fourth-order valence-corrected chi connectivity index (χ4v) is 4.43. The van der Waals surface area contributed by atoms with E-state index >= 15 is 0 Å². The highest BCUT2D eigenvalue weighted by molar-refractivity contribution is 7.48. The second-order valence-corrected chi connectivity index (χ2v) is 8.41. The second-order valence-electron chi connectivity index (χ2n) is 6.79. The fraction of sp³-hybridized carbons (Fsp3) is 0.706. The molecule has 2 saturated heterocycles. The molecule has 0 spiro atoms. The Morgan fingerprint density at radius 3 is 2.96 bits per heavy atom. The van der Waals surface area contributed by atoms with Crippen LogP contribution in [0.15, 0.2) is 17.1 Å². The number of fused-ring (bicyclic) bond motifs is 1. The number of phosphoric ester groups is 1. The second kappa shape index (κ2) is 8.84. The topological polar surface area (TPSA) is 115 Å². The van der Waals surface area contributed by atoms with Gasteiger partial charge in [-0.2, -0.15) is 4.98 Å². The van der Waals surface area contributed by atoms with E-state index in [2.05, 4.69) is 4.98 Å². The molecule has 2 unspecified atom stereocenters. The predicted octanol–water partition coefficient (Wildman–Crippen LogP) is 1.97. The third-order valence-corrected chi connectivity index (χ3v) is 6.10. The van der Waals surface area contributed by atoms with Crippen molar-refractivity contribution in [2.75, 3.05) is 19.8 Å². The Labute approximate surface area is 162 Å². The molecule has 0 N–H and O–H groups in total. The summed E-state index contributed by atoms with van der Waals surface area (Å²) in [6.45, 7) is 5.53. The number of carbonyl (C=O) groups excluding carboxylic acids is 1. The molecule has 0 bridgehead atoms. The molecule has 1 aromatic rings. The molecule has 0 amide bonds. The number of nitrogens with zero attached hydrogens (tertiary/aromatic N) is 2. The predicted molar refractivity (Wildman–Crippen MR) is 96.6 cm³/mol. The zero-order chi connectivity index (χ0) is 20.3. The number of carbonyl (C=O) groups is 1. The molecule has 2 aliphatic heterocycles. The smallest absolute Gasteiger partial charge is 0.466 e. The van der Waals surface area contributed by atoms with Crippen LogP contribution in [0.4, 0.5) is 0 Å². The van der Waals surface area contributed by atoms with E-state index in [9.17, 15) is 14.2 Å². The van der Waals surface area contributed by atoms with Crippen LogP contribution in [0, 0.1) is 12.8 Å². The van der Waals surface area contributed by atoms with Crippen LogP contribution in [0.2, 0.25) is 0 Å². The lowest BCUT2D eigenvalue weighted by molar-refractivity contribution is -0.147. The highest BCUT2D eigenvalue weighted by Gasteiger charge is 2.48. The maximum atomic E-state index is 12.7. The zero-order valence-corrected chi connectivity index (χ0v) is 17.0. The van der Waals surface area contributed by atoms with Gasteiger partial charge in [0.2, 0.25) is 0 Å². The maximum absolute atomic E-state index is 12.7. The van der Waals surface area contributed by atoms with E-state index in [-0.39, 0.29) is 25.1 Å². The normalized spacial score (nSPS) is 30.6. The average molecular weight is 416 g/mol. The lowest BCUT2D eigenvalue weighted by Gasteiger charge is -2.29. The van der Waals surface area contributed by atoms with Gasteiger partial charge in [0.1, 0.15) is 18.4 Å². The molecule has 10 nitrogen and oxygen atoms in total. The number of phosphoric acid groups is 1. The molecule has 5 atom stereocenters. The van der Waals surface area contributed by atoms with Gasteiger partial charge in [0.25, 0.3) is 0 Å². The number of hydrogen-bond acceptors (Lipinski definition) is 9. The van der Waals surface area contributed by atoms with Gasteiger partial charge in [0.15, 0.2) is 0 Å². The molecule has 2 fully saturated rings. The fourth-order valence-electron chi connectivity index (χ4n) is 3.02. The highest BCUT2D eigenvalue weighted by Crippen LogP contribution is 2.56. The van der Waals surface area contributed by atoms with Gasteiger partial charge in [-0.05, 0) is 26.3 Å². The Bertz CT molecular complexity index is 813. The molecule has 0 aliphatic carbocycles. The minimum Gasteiger partial charge on any atom is -0.466 e. The molecule has 0 aromatic carbocycles. The number of esters is 1. The summed E-state index contributed by atoms with van der Waals surface area (Å²) in [5.74, 6) is -0.719. The Balaban J connectivity index is 1.54. The summed E-state index contributed by atoms with van der Waals surface area (Å²) in [5, 5.41) is 0. The number of hydrogen-bond donors (Lipinski definition) is 0. The monoisotopic (exact) mass is 416 g/mol. The molecule has 0 saturated carbocycles. The van der Waals surface area contributed by atoms with Crippen LogP contribution < -0.4 is 5.69 Å². The number of aryl methyl sites for hydroxylation is 1. The molecule has 28 heavy (non-hydrogen) atoms. The lowest BCUT2D eigenvalue weighted by atomic mass is 10.1. The Kier molecular flexibility index (Phi) is 6.67. The van der Waals surface area contributed by atoms with Gasteiger partial charge in [-0.3, -0.25) is 22.9 Å². The number of ether oxygens (including phenoxy) is 2. The minimum atomic E-state index is -3.76. The summed E-state index contributed by atoms with van der Waals surface area (Å²) in [6, 6.07) is 1.71. The van der Waals surface area contributed by atoms with Crippen LogP contribution in [-0.4, -0.2) is 47.5 Å². The Hall–Kier alpha value is -1.58. The van der Waals surface area contributed by atoms with Gasteiger partial charge < -0.3 is 9.47 Å². The van der Waals surface area contributed by atoms with Gasteiger partial charge in [0.05, 0.1) is 25.7 Å². The van der Waals surface area contributed by atoms with Crippen molar-refractivity contribution in [3.8, 4) is 0 Å². The van der Waals surface area contributed by atoms with E-state index in [1.165, 1.54) is 4.57 Å². The van der Waals surface area contributed by atoms with Gasteiger partial charge in [-0.15, -0.1) is 0 Å². The van der Waals surface area contributed by atoms with Crippen LogP contribution in [0.5, 0.6) is 0 Å². The molecule has 3 rings (SSSR count). The van der Waals surface area contributed by atoms with Crippen molar-refractivity contribution in [1.82, 2.24) is 9.55 Å². The van der Waals surface area contributed by atoms with Crippen molar-refractivity contribution in [1.29, 1.82) is 0 Å². The first-order chi connectivity index (χ1) is 13.3. The summed E-state index contributed by atoms with van der Waals surface area (Å²) in [6.07, 6.45) is 0.705. The molecule has 1 aromatic heterocycles. The number of aromatic nitrogens is 2. The Morgan fingerprint density at radius 1 is 1.46 bits per heavy atom. The van der Waals surface area contributed by atoms with Crippen molar-refractivity contribution in [3.63, 3.8) is 0 Å². The standard InChI is InChI=1S/C17H25N2O8P/c1-4-23-16(20)11(2)6-8-24-28(22)25-10-14-13(27-28)9-15(26-14)19-7-5-12(3)18-17(19)21/h5,7,11,13-15H,4,6,8-10H2,1-3H3/t11?,13-,14+,15+,28?/m1/s1. The summed E-state index contributed by atoms with van der Waals surface area (Å²) < 4.78 is 40.9. The largest absolute Gasteiger partial charge is 0.475 e. The summed E-state index contributed by atoms with van der Waals surface area (Å²) in [7, 11) is -3.76. The first-order valence-corrected chi connectivity index (χ1v) is 10.7. The molecule has 11 heteroatoms. The first kappa shape index (κ1) is 21.1. The number of rotatable bonds is 7. The van der Waals surface area contributed by atoms with Crippen molar-refractivity contribution in [3.05, 3.63) is 28.4 Å². The van der Waals surface area contributed by atoms with Crippen LogP contribution in [-0.2, 0) is 32.4 Å². The van der Waals surface area contributed by atoms with Crippen LogP contribution in [0.25, 0.3) is 0 Å². The molecule has 156 valence electrons. The Morgan fingerprint density at radius 2 is 2.25 bits per heavy atom. The minimum absolute atomic E-state index is 0.0277. The average Bonchev–Trinajstić information content (AvgIpc) is 3.04. The maximum Gasteiger partial charge on any atom is 0.475 e. The van der Waals surface area contributed by atoms with Gasteiger partial charge in [-0.25, -0.2) is 9.36 Å². The van der Waals surface area contributed by atoms with Crippen molar-refractivity contribution >= 4 is 13.8 Å². The summed E-state index contributed by atoms with van der Waals surface area (Å²) in [4.78, 5) is 27.6. The quantitative estimate of drug-likeness (QED) is 0.486. The molecular weight excluding hydrogens is 391 g/mol. The van der Waals surface area contributed by atoms with Crippen molar-refractivity contribution in [2.24, 2.45) is 5.92 Å². The summed E-state index contributed by atoms with van der Waals surface area (Å²) >= 11 is 0. The van der Waals surface area contributed by atoms with E-state index < -0.39 is 31.9 Å². The summed E-state index contributed by atoms with van der Waals surface area (Å²) in [5.41, 5.74) is 0.197. The van der Waals surface area contributed by atoms with Gasteiger partial charge >= 0.3 is 19.5 Å². The van der Waals surface area contributed by atoms with E-state index in [4.69, 9.17) is 23.0 Å². The third-order valence-electron chi connectivity index (χ3n) is 4.61. The lowest BCUT2D eigenvalue weighted by Crippen LogP contribution is -2.33. The SMILES string of the molecule is CCOC(=O)C(C)CCOP1(=O)OC[C@@H]2O[C@H](n3ccc(C)nc3=O)C[C@H]2O1. The van der Waals surface area contributed by atoms with Crippen LogP contribution in [0.3, 0.4) is 0 Å². The molecule has 0 radical (unpaired) electrons. The molecular formula is C17H25N2O8P. The van der Waals surface area contributed by atoms with Crippen molar-refractivity contribution in [2.45, 2.75) is 52.0 Å². The van der Waals surface area contributed by atoms with Crippen LogP contribution >= 0.6 is 7.82 Å². The van der Waals surface area contributed by atoms with E-state index in [1.807, 2.05) is 0 Å². The van der Waals surface area contributed by atoms with E-state index in [1.54, 1.807) is 33.0 Å². The molecule has 3 heterocycles. The highest BCUT2D eigenvalue weighted by atomic mass is 31.2.